The van der Waals surface area contributed by atoms with E-state index in [9.17, 15) is 0 Å². The second kappa shape index (κ2) is 8.91. The van der Waals surface area contributed by atoms with Crippen LogP contribution in [0.1, 0.15) is 12.0 Å². The fourth-order valence-corrected chi connectivity index (χ4v) is 1.73. The zero-order chi connectivity index (χ0) is 13.2. The fraction of sp³-hybridized carbons (Fsp3) is 0.571. The Morgan fingerprint density at radius 3 is 2.67 bits per heavy atom. The molecule has 0 spiro atoms. The van der Waals surface area contributed by atoms with Gasteiger partial charge in [-0.15, -0.1) is 0 Å². The van der Waals surface area contributed by atoms with Gasteiger partial charge in [0.05, 0.1) is 13.2 Å². The Balaban J connectivity index is 2.14. The highest BCUT2D eigenvalue weighted by Gasteiger charge is 2.02. The molecule has 0 aliphatic heterocycles. The van der Waals surface area contributed by atoms with Gasteiger partial charge in [-0.05, 0) is 25.1 Å². The molecule has 4 nitrogen and oxygen atoms in total. The van der Waals surface area contributed by atoms with Crippen molar-refractivity contribution in [1.29, 1.82) is 0 Å². The van der Waals surface area contributed by atoms with Crippen molar-refractivity contribution in [1.82, 2.24) is 4.90 Å². The van der Waals surface area contributed by atoms with E-state index in [1.54, 1.807) is 7.11 Å². The molecule has 1 aromatic carbocycles. The number of hydrogen-bond acceptors (Lipinski definition) is 4. The number of benzene rings is 1. The van der Waals surface area contributed by atoms with Crippen molar-refractivity contribution < 1.29 is 9.47 Å². The van der Waals surface area contributed by atoms with E-state index < -0.39 is 0 Å². The number of nitrogens with two attached hydrogens (primary N) is 1. The van der Waals surface area contributed by atoms with E-state index in [0.29, 0.717) is 13.2 Å². The normalized spacial score (nSPS) is 11.1. The second-order valence-corrected chi connectivity index (χ2v) is 4.40. The Hall–Kier alpha value is -1.10. The number of rotatable bonds is 9. The van der Waals surface area contributed by atoms with Crippen molar-refractivity contribution >= 4 is 5.69 Å². The molecule has 0 radical (unpaired) electrons. The third-order valence-corrected chi connectivity index (χ3v) is 2.76. The topological polar surface area (TPSA) is 47.7 Å². The van der Waals surface area contributed by atoms with E-state index in [-0.39, 0.29) is 0 Å². The highest BCUT2D eigenvalue weighted by Crippen LogP contribution is 2.12. The van der Waals surface area contributed by atoms with Crippen LogP contribution >= 0.6 is 0 Å². The summed E-state index contributed by atoms with van der Waals surface area (Å²) in [7, 11) is 3.78. The van der Waals surface area contributed by atoms with Gasteiger partial charge in [0.2, 0.25) is 0 Å². The summed E-state index contributed by atoms with van der Waals surface area (Å²) in [5, 5.41) is 0. The lowest BCUT2D eigenvalue weighted by Gasteiger charge is -2.17. The molecule has 0 atom stereocenters. The Bertz CT molecular complexity index is 331. The quantitative estimate of drug-likeness (QED) is 0.537. The van der Waals surface area contributed by atoms with Crippen LogP contribution in [0.4, 0.5) is 5.69 Å². The summed E-state index contributed by atoms with van der Waals surface area (Å²) in [5.41, 5.74) is 7.96. The van der Waals surface area contributed by atoms with E-state index in [2.05, 4.69) is 18.0 Å². The summed E-state index contributed by atoms with van der Waals surface area (Å²) in [4.78, 5) is 2.26. The van der Waals surface area contributed by atoms with Gasteiger partial charge in [-0.3, -0.25) is 0 Å². The van der Waals surface area contributed by atoms with Gasteiger partial charge in [0.15, 0.2) is 0 Å². The summed E-state index contributed by atoms with van der Waals surface area (Å²) >= 11 is 0. The molecule has 2 N–H and O–H groups in total. The first kappa shape index (κ1) is 15.0. The highest BCUT2D eigenvalue weighted by molar-refractivity contribution is 5.46. The van der Waals surface area contributed by atoms with Crippen molar-refractivity contribution in [3.05, 3.63) is 29.8 Å². The van der Waals surface area contributed by atoms with E-state index in [0.717, 1.165) is 31.8 Å². The average molecular weight is 252 g/mol. The molecule has 102 valence electrons. The van der Waals surface area contributed by atoms with Crippen molar-refractivity contribution in [2.75, 3.05) is 46.3 Å². The number of ether oxygens (including phenoxy) is 2. The van der Waals surface area contributed by atoms with Crippen LogP contribution in [-0.4, -0.2) is 45.4 Å². The van der Waals surface area contributed by atoms with Crippen molar-refractivity contribution in [3.63, 3.8) is 0 Å². The van der Waals surface area contributed by atoms with Gasteiger partial charge in [-0.2, -0.15) is 0 Å². The minimum absolute atomic E-state index is 0.663. The molecule has 0 fully saturated rings. The van der Waals surface area contributed by atoms with Crippen LogP contribution in [0.3, 0.4) is 0 Å². The lowest BCUT2D eigenvalue weighted by atomic mass is 10.1. The van der Waals surface area contributed by atoms with Crippen molar-refractivity contribution in [2.24, 2.45) is 0 Å². The average Bonchev–Trinajstić information content (AvgIpc) is 2.36. The maximum atomic E-state index is 5.91. The minimum atomic E-state index is 0.663. The molecule has 1 rings (SSSR count). The third kappa shape index (κ3) is 6.00. The second-order valence-electron chi connectivity index (χ2n) is 4.40. The summed E-state index contributed by atoms with van der Waals surface area (Å²) < 4.78 is 10.3. The molecule has 0 saturated heterocycles. The van der Waals surface area contributed by atoms with Crippen molar-refractivity contribution in [2.45, 2.75) is 13.0 Å². The Morgan fingerprint density at radius 2 is 1.94 bits per heavy atom. The highest BCUT2D eigenvalue weighted by atomic mass is 16.5. The first-order valence-corrected chi connectivity index (χ1v) is 6.32. The van der Waals surface area contributed by atoms with Crippen molar-refractivity contribution in [3.8, 4) is 0 Å². The van der Waals surface area contributed by atoms with E-state index >= 15 is 0 Å². The van der Waals surface area contributed by atoms with Gasteiger partial charge in [-0.25, -0.2) is 0 Å². The summed E-state index contributed by atoms with van der Waals surface area (Å²) in [5.74, 6) is 0. The number of anilines is 1. The Labute approximate surface area is 110 Å². The molecule has 0 aromatic heterocycles. The molecule has 0 amide bonds. The monoisotopic (exact) mass is 252 g/mol. The van der Waals surface area contributed by atoms with E-state index in [4.69, 9.17) is 15.2 Å². The first-order valence-electron chi connectivity index (χ1n) is 6.32. The SMILES string of the molecule is COCCOCCCN(C)Cc1ccccc1N. The molecule has 0 heterocycles. The molecular formula is C14H24N2O2. The van der Waals surface area contributed by atoms with Gasteiger partial charge < -0.3 is 20.1 Å². The van der Waals surface area contributed by atoms with Gasteiger partial charge >= 0.3 is 0 Å². The number of hydrogen-bond donors (Lipinski definition) is 1. The van der Waals surface area contributed by atoms with Crippen LogP contribution in [0.2, 0.25) is 0 Å². The molecule has 4 heteroatoms. The molecule has 1 aromatic rings. The summed E-state index contributed by atoms with van der Waals surface area (Å²) in [6, 6.07) is 7.99. The molecule has 0 saturated carbocycles. The number of methoxy groups -OCH3 is 1. The van der Waals surface area contributed by atoms with E-state index in [1.165, 1.54) is 5.56 Å². The zero-order valence-corrected chi connectivity index (χ0v) is 11.4. The van der Waals surface area contributed by atoms with Crippen LogP contribution < -0.4 is 5.73 Å². The smallest absolute Gasteiger partial charge is 0.0700 e. The first-order chi connectivity index (χ1) is 8.74. The molecule has 0 bridgehead atoms. The molecule has 18 heavy (non-hydrogen) atoms. The molecule has 0 aliphatic carbocycles. The van der Waals surface area contributed by atoms with Crippen LogP contribution in [0.5, 0.6) is 0 Å². The number of nitrogens with zero attached hydrogens (tertiary/aromatic N) is 1. The van der Waals surface area contributed by atoms with Crippen LogP contribution in [-0.2, 0) is 16.0 Å². The zero-order valence-electron chi connectivity index (χ0n) is 11.4. The van der Waals surface area contributed by atoms with Crippen LogP contribution in [0.25, 0.3) is 0 Å². The van der Waals surface area contributed by atoms with Gasteiger partial charge in [-0.1, -0.05) is 18.2 Å². The van der Waals surface area contributed by atoms with Gasteiger partial charge in [0.1, 0.15) is 0 Å². The van der Waals surface area contributed by atoms with Crippen LogP contribution in [0.15, 0.2) is 24.3 Å². The Kier molecular flexibility index (Phi) is 7.41. The predicted octanol–water partition coefficient (Wildman–Crippen LogP) is 1.75. The minimum Gasteiger partial charge on any atom is -0.398 e. The van der Waals surface area contributed by atoms with Gasteiger partial charge in [0.25, 0.3) is 0 Å². The maximum absolute atomic E-state index is 5.91. The lowest BCUT2D eigenvalue weighted by Crippen LogP contribution is -2.21. The largest absolute Gasteiger partial charge is 0.398 e. The van der Waals surface area contributed by atoms with Crippen LogP contribution in [0, 0.1) is 0 Å². The summed E-state index contributed by atoms with van der Waals surface area (Å²) in [6.07, 6.45) is 1.02. The molecular weight excluding hydrogens is 228 g/mol. The molecule has 0 aliphatic rings. The lowest BCUT2D eigenvalue weighted by molar-refractivity contribution is 0.0660. The fourth-order valence-electron chi connectivity index (χ4n) is 1.73. The third-order valence-electron chi connectivity index (χ3n) is 2.76. The van der Waals surface area contributed by atoms with E-state index in [1.807, 2.05) is 18.2 Å². The van der Waals surface area contributed by atoms with Gasteiger partial charge in [0, 0.05) is 32.5 Å². The Morgan fingerprint density at radius 1 is 1.17 bits per heavy atom. The number of para-hydroxylation sites is 1. The summed E-state index contributed by atoms with van der Waals surface area (Å²) in [6.45, 7) is 3.99. The predicted molar refractivity (Wildman–Crippen MR) is 74.5 cm³/mol. The molecule has 0 unspecified atom stereocenters. The maximum Gasteiger partial charge on any atom is 0.0700 e. The number of nitrogen functional groups attached to an aromatic ring is 1. The standard InChI is InChI=1S/C14H24N2O2/c1-16(8-5-9-18-11-10-17-2)12-13-6-3-4-7-14(13)15/h3-4,6-7H,5,8-12,15H2,1-2H3.